The van der Waals surface area contributed by atoms with Crippen LogP contribution in [0.1, 0.15) is 247 Å². The number of allylic oxidation sites excluding steroid dienone is 1. The van der Waals surface area contributed by atoms with Crippen molar-refractivity contribution >= 4 is 23.5 Å². The predicted octanol–water partition coefficient (Wildman–Crippen LogP) is 3.73. The van der Waals surface area contributed by atoms with Gasteiger partial charge in [0.15, 0.2) is 41.4 Å². The van der Waals surface area contributed by atoms with Gasteiger partial charge >= 0.3 is 0 Å². The van der Waals surface area contributed by atoms with E-state index >= 15 is 0 Å². The van der Waals surface area contributed by atoms with E-state index in [2.05, 4.69) is 29.8 Å². The van der Waals surface area contributed by atoms with Crippen molar-refractivity contribution in [1.29, 1.82) is 0 Å². The number of amides is 3. The fraction of sp³-hybridized carbons (Fsp3) is 0.842. The summed E-state index contributed by atoms with van der Waals surface area (Å²) < 4.78 is 41.5. The second-order valence-electron chi connectivity index (χ2n) is 28.8. The number of aliphatic hydroxyl groups is 19. The van der Waals surface area contributed by atoms with Gasteiger partial charge in [-0.25, -0.2) is 0 Å². The molecule has 2 heterocycles. The van der Waals surface area contributed by atoms with Gasteiger partial charge in [-0.15, -0.1) is 0 Å². The van der Waals surface area contributed by atoms with Crippen LogP contribution in [0, 0.1) is 5.92 Å². The van der Waals surface area contributed by atoms with Crippen LogP contribution in [0.3, 0.4) is 0 Å². The fourth-order valence-electron chi connectivity index (χ4n) is 12.9. The summed E-state index contributed by atoms with van der Waals surface area (Å²) in [6, 6.07) is -2.95. The van der Waals surface area contributed by atoms with Crippen LogP contribution in [0.25, 0.3) is 0 Å². The number of rotatable bonds is 62. The largest absolute Gasteiger partial charge is 0.506 e. The van der Waals surface area contributed by atoms with E-state index in [1.165, 1.54) is 116 Å². The molecular weight excluding hydrogens is 1430 g/mol. The van der Waals surface area contributed by atoms with E-state index in [4.69, 9.17) is 33.2 Å². The number of unbranched alkanes of at least 4 members (excludes halogenated alkanes) is 25. The molecule has 22 N–H and O–H groups in total. The zero-order valence-electron chi connectivity index (χ0n) is 65.0. The van der Waals surface area contributed by atoms with Crippen LogP contribution in [-0.2, 0) is 52.3 Å². The Bertz CT molecular complexity index is 2640. The van der Waals surface area contributed by atoms with Gasteiger partial charge in [0.2, 0.25) is 35.6 Å². The van der Waals surface area contributed by atoms with Crippen LogP contribution in [0.15, 0.2) is 46.6 Å². The third-order valence-electron chi connectivity index (χ3n) is 19.1. The van der Waals surface area contributed by atoms with Crippen LogP contribution >= 0.6 is 0 Å². The summed E-state index contributed by atoms with van der Waals surface area (Å²) >= 11 is 0. The van der Waals surface area contributed by atoms with E-state index in [0.29, 0.717) is 12.8 Å². The lowest BCUT2D eigenvalue weighted by Gasteiger charge is -2.52. The Balaban J connectivity index is 2.73. The molecule has 5 unspecified atom stereocenters. The maximum absolute atomic E-state index is 14.8. The number of ether oxygens (including phenoxy) is 7. The van der Waals surface area contributed by atoms with E-state index < -0.39 is 246 Å². The highest BCUT2D eigenvalue weighted by molar-refractivity contribution is 5.88. The number of carbonyl (C=O) groups is 4. The first-order valence-corrected chi connectivity index (χ1v) is 39.4. The highest BCUT2D eigenvalue weighted by atomic mass is 16.8. The summed E-state index contributed by atoms with van der Waals surface area (Å²) in [5.74, 6) is -14.6. The molecule has 2 aliphatic heterocycles. The number of ketones is 1. The average molecular weight is 1570 g/mol. The summed E-state index contributed by atoms with van der Waals surface area (Å²) in [4.78, 5) is 53.9. The molecule has 2 rings (SSSR count). The fourth-order valence-corrected chi connectivity index (χ4v) is 12.9. The molecule has 2 aliphatic rings. The van der Waals surface area contributed by atoms with Crippen LogP contribution in [-0.4, -0.2) is 276 Å². The summed E-state index contributed by atoms with van der Waals surface area (Å²) in [5.41, 5.74) is -1.13. The van der Waals surface area contributed by atoms with Crippen molar-refractivity contribution in [2.75, 3.05) is 39.6 Å². The summed E-state index contributed by atoms with van der Waals surface area (Å²) in [5, 5.41) is 217. The zero-order chi connectivity index (χ0) is 81.6. The zero-order valence-corrected chi connectivity index (χ0v) is 65.0. The predicted molar refractivity (Wildman–Crippen MR) is 396 cm³/mol. The molecule has 33 heteroatoms. The van der Waals surface area contributed by atoms with Crippen LogP contribution in [0.2, 0.25) is 0 Å². The van der Waals surface area contributed by atoms with E-state index in [1.54, 1.807) is 6.08 Å². The van der Waals surface area contributed by atoms with Gasteiger partial charge in [0.25, 0.3) is 6.29 Å². The Kier molecular flexibility index (Phi) is 51.9. The molecule has 0 saturated carbocycles. The average Bonchev–Trinajstić information content (AvgIpc) is 0.745. The van der Waals surface area contributed by atoms with E-state index in [1.807, 2.05) is 0 Å². The molecule has 0 aromatic heterocycles. The monoisotopic (exact) mass is 1570 g/mol. The summed E-state index contributed by atoms with van der Waals surface area (Å²) in [7, 11) is 0. The van der Waals surface area contributed by atoms with Crippen LogP contribution < -0.4 is 16.0 Å². The number of hydrogen-bond acceptors (Lipinski definition) is 30. The smallest absolute Gasteiger partial charge is 0.259 e. The third kappa shape index (κ3) is 36.5. The Morgan fingerprint density at radius 3 is 1.58 bits per heavy atom. The molecule has 0 aromatic carbocycles. The summed E-state index contributed by atoms with van der Waals surface area (Å²) in [6.45, 7) is 3.10. The lowest BCUT2D eigenvalue weighted by Crippen LogP contribution is -2.71. The van der Waals surface area contributed by atoms with Gasteiger partial charge < -0.3 is 146 Å². The second-order valence-corrected chi connectivity index (χ2v) is 28.8. The summed E-state index contributed by atoms with van der Waals surface area (Å²) in [6.07, 6.45) is -6.34. The SMILES string of the molecule is CCCCCCCCCCCCC/C=C/[C@H](O)[C@@H](CO[C@H](O)/C(O)=C(\O)[C@@H](CCO)O[C@@H]1OC(CO)[C@H](O[C@H](O)/C(NC(C)=O)=C(\O[C@H](O)/C(O)=C(\O)[C@@H](O)CCO)[C@@H](O)CCO)C(O[C@]2(C(=O)C(C)C)CC(O)[C@@H](NC(C)=O)C([C@H](O)[C@H](O)CO)O2)C1O)NC(=O)CCCCCCCCCCCCCCCCC. The molecule has 2 fully saturated rings. The van der Waals surface area contributed by atoms with Crippen LogP contribution in [0.5, 0.6) is 0 Å². The Labute approximate surface area is 642 Å². The number of aliphatic hydroxyl groups excluding tert-OH is 19. The highest BCUT2D eigenvalue weighted by Crippen LogP contribution is 2.41. The van der Waals surface area contributed by atoms with Crippen LogP contribution in [0.4, 0.5) is 0 Å². The molecule has 0 bridgehead atoms. The van der Waals surface area contributed by atoms with Gasteiger partial charge in [-0.1, -0.05) is 194 Å². The van der Waals surface area contributed by atoms with Gasteiger partial charge in [-0.3, -0.25) is 19.2 Å². The van der Waals surface area contributed by atoms with Gasteiger partial charge in [0.05, 0.1) is 44.1 Å². The molecule has 0 radical (unpaired) electrons. The lowest BCUT2D eigenvalue weighted by atomic mass is 9.84. The number of carbonyl (C=O) groups excluding carboxylic acids is 4. The van der Waals surface area contributed by atoms with Crippen molar-refractivity contribution in [3.8, 4) is 0 Å². The first-order valence-electron chi connectivity index (χ1n) is 39.4. The number of nitrogens with one attached hydrogen (secondary N) is 3. The topological polar surface area (TPSA) is 553 Å². The third-order valence-corrected chi connectivity index (χ3v) is 19.1. The van der Waals surface area contributed by atoms with Crippen molar-refractivity contribution in [2.45, 2.75) is 363 Å². The number of Topliss-reactive ketones (excluding diaryl/α,β-unsaturated/α-hetero) is 1. The quantitative estimate of drug-likeness (QED) is 0.0178. The standard InChI is InChI=1S/C76H137N3O30/c1-7-9-11-13-15-17-19-21-22-24-26-28-30-32-34-36-58(92)79-50(51(87)35-33-31-29-27-25-23-20-18-16-14-12-10-8-2)46-103-73(101)65(97)63(95)56(39-42-82)104-75-66(98)70(109-76(71(99)47(3)4)43-54(90)59(77-48(5)85)69(108-76)62(94)55(91)44-83)68(57(45-84)105-75)107-72(100)60(78-49(6)86)67(53(89)38-41-81)106-74(102)64(96)61(93)52(88)37-40-80/h33,35,47,50-57,59,62,66,68-70,72-75,80-84,87-91,93-98,100-102H,7-32,34,36-46H2,1-6H3,(H,77,85)(H,78,86)(H,79,92)/b35-33+,64-61+,65-63+,67-60+/t50-,51+,52+,53+,54?,55-,56-,57?,59-,62-,66?,68+,69?,70?,72+,73+,74+,75-,76+/m1/s1. The highest BCUT2D eigenvalue weighted by Gasteiger charge is 2.60. The maximum atomic E-state index is 14.8. The Morgan fingerprint density at radius 2 is 1.09 bits per heavy atom. The van der Waals surface area contributed by atoms with Gasteiger partial charge in [-0.05, 0) is 19.3 Å². The maximum Gasteiger partial charge on any atom is 0.259 e. The normalized spacial score (nSPS) is 24.0. The lowest BCUT2D eigenvalue weighted by molar-refractivity contribution is -0.379. The first kappa shape index (κ1) is 100. The van der Waals surface area contributed by atoms with Crippen molar-refractivity contribution in [2.24, 2.45) is 5.92 Å². The molecule has 0 spiro atoms. The number of hydrogen-bond donors (Lipinski definition) is 22. The minimum Gasteiger partial charge on any atom is -0.506 e. The molecule has 0 aromatic rings. The minimum atomic E-state index is -3.05. The van der Waals surface area contributed by atoms with E-state index in [-0.39, 0.29) is 6.42 Å². The molecular formula is C76H137N3O30. The van der Waals surface area contributed by atoms with Gasteiger partial charge in [-0.2, -0.15) is 0 Å². The molecule has 0 aliphatic carbocycles. The van der Waals surface area contributed by atoms with E-state index in [0.717, 1.165) is 78.1 Å². The van der Waals surface area contributed by atoms with Crippen molar-refractivity contribution in [3.05, 3.63) is 46.6 Å². The second kappa shape index (κ2) is 56.4. The molecule has 2 saturated heterocycles. The molecule has 109 heavy (non-hydrogen) atoms. The van der Waals surface area contributed by atoms with Crippen molar-refractivity contribution < 1.29 is 149 Å². The molecule has 3 amide bonds. The minimum absolute atomic E-state index is 0.0922. The molecule has 636 valence electrons. The van der Waals surface area contributed by atoms with Gasteiger partial charge in [0, 0.05) is 71.7 Å². The van der Waals surface area contributed by atoms with Gasteiger partial charge in [0.1, 0.15) is 66.7 Å². The molecule has 33 nitrogen and oxygen atoms in total. The van der Waals surface area contributed by atoms with Crippen molar-refractivity contribution in [1.82, 2.24) is 16.0 Å². The molecule has 19 atom stereocenters. The Morgan fingerprint density at radius 1 is 0.587 bits per heavy atom. The Hall–Kier alpha value is -4.80. The van der Waals surface area contributed by atoms with E-state index in [9.17, 15) is 116 Å². The van der Waals surface area contributed by atoms with Crippen molar-refractivity contribution in [3.63, 3.8) is 0 Å². The first-order chi connectivity index (χ1) is 51.9.